The smallest absolute Gasteiger partial charge is 0.258 e. The van der Waals surface area contributed by atoms with Gasteiger partial charge in [0.25, 0.3) is 5.91 Å². The van der Waals surface area contributed by atoms with Crippen molar-refractivity contribution < 1.29 is 14.3 Å². The van der Waals surface area contributed by atoms with Crippen molar-refractivity contribution in [3.63, 3.8) is 0 Å². The molecule has 10 heteroatoms. The number of para-hydroxylation sites is 2. The number of hydrogen-bond donors (Lipinski definition) is 1. The van der Waals surface area contributed by atoms with Crippen LogP contribution in [-0.4, -0.2) is 64.8 Å². The second-order valence-electron chi connectivity index (χ2n) is 7.70. The van der Waals surface area contributed by atoms with Gasteiger partial charge in [-0.3, -0.25) is 4.79 Å². The molecule has 2 aromatic heterocycles. The van der Waals surface area contributed by atoms with E-state index in [4.69, 9.17) is 19.4 Å². The number of benzene rings is 1. The molecule has 3 heterocycles. The third kappa shape index (κ3) is 5.68. The van der Waals surface area contributed by atoms with Crippen LogP contribution in [0, 0.1) is 0 Å². The summed E-state index contributed by atoms with van der Waals surface area (Å²) in [5.74, 6) is 2.80. The maximum absolute atomic E-state index is 12.3. The Bertz CT molecular complexity index is 1080. The van der Waals surface area contributed by atoms with E-state index in [0.29, 0.717) is 24.6 Å². The predicted octanol–water partition coefficient (Wildman–Crippen LogP) is 3.13. The van der Waals surface area contributed by atoms with E-state index in [1.54, 1.807) is 31.0 Å². The average molecular weight is 471 g/mol. The van der Waals surface area contributed by atoms with E-state index in [0.717, 1.165) is 40.9 Å². The van der Waals surface area contributed by atoms with Gasteiger partial charge in [0.05, 0.1) is 25.2 Å². The minimum absolute atomic E-state index is 0.0845. The molecule has 1 aromatic carbocycles. The summed E-state index contributed by atoms with van der Waals surface area (Å²) in [4.78, 5) is 24.2. The summed E-state index contributed by atoms with van der Waals surface area (Å²) >= 11 is 1.63. The molecule has 33 heavy (non-hydrogen) atoms. The SMILES string of the molecule is CCSc1nc(N2CCCCC2)c2cnn(CCNC(=O)COc3ccccc3OC)c2n1. The van der Waals surface area contributed by atoms with Gasteiger partial charge in [0.15, 0.2) is 28.9 Å². The summed E-state index contributed by atoms with van der Waals surface area (Å²) in [6, 6.07) is 7.25. The molecule has 4 rings (SSSR count). The van der Waals surface area contributed by atoms with Crippen LogP contribution in [0.2, 0.25) is 0 Å². The quantitative estimate of drug-likeness (QED) is 0.357. The number of amides is 1. The Balaban J connectivity index is 1.40. The molecule has 1 aliphatic rings. The Kier molecular flexibility index (Phi) is 7.87. The summed E-state index contributed by atoms with van der Waals surface area (Å²) in [7, 11) is 1.57. The van der Waals surface area contributed by atoms with Crippen molar-refractivity contribution in [2.75, 3.05) is 44.0 Å². The first-order valence-corrected chi connectivity index (χ1v) is 12.3. The zero-order valence-corrected chi connectivity index (χ0v) is 19.9. The lowest BCUT2D eigenvalue weighted by molar-refractivity contribution is -0.123. The number of carbonyl (C=O) groups excluding carboxylic acids is 1. The van der Waals surface area contributed by atoms with Gasteiger partial charge in [-0.1, -0.05) is 30.8 Å². The van der Waals surface area contributed by atoms with Crippen molar-refractivity contribution in [2.45, 2.75) is 37.9 Å². The third-order valence-electron chi connectivity index (χ3n) is 5.46. The molecule has 1 fully saturated rings. The van der Waals surface area contributed by atoms with Gasteiger partial charge in [0, 0.05) is 19.6 Å². The molecule has 1 N–H and O–H groups in total. The Morgan fingerprint density at radius 1 is 1.15 bits per heavy atom. The molecule has 9 nitrogen and oxygen atoms in total. The van der Waals surface area contributed by atoms with Crippen LogP contribution in [0.4, 0.5) is 5.82 Å². The van der Waals surface area contributed by atoms with Gasteiger partial charge in [0.1, 0.15) is 5.82 Å². The lowest BCUT2D eigenvalue weighted by atomic mass is 10.1. The summed E-state index contributed by atoms with van der Waals surface area (Å²) in [5, 5.41) is 9.16. The fourth-order valence-electron chi connectivity index (χ4n) is 3.86. The third-order valence-corrected chi connectivity index (χ3v) is 6.19. The van der Waals surface area contributed by atoms with E-state index in [2.05, 4.69) is 22.2 Å². The molecule has 3 aromatic rings. The Hall–Kier alpha value is -3.01. The summed E-state index contributed by atoms with van der Waals surface area (Å²) in [5.41, 5.74) is 0.807. The first-order valence-electron chi connectivity index (χ1n) is 11.3. The van der Waals surface area contributed by atoms with Crippen LogP contribution >= 0.6 is 11.8 Å². The van der Waals surface area contributed by atoms with Crippen LogP contribution in [0.1, 0.15) is 26.2 Å². The molecule has 0 bridgehead atoms. The number of thioether (sulfide) groups is 1. The minimum Gasteiger partial charge on any atom is -0.493 e. The van der Waals surface area contributed by atoms with Crippen LogP contribution in [0.15, 0.2) is 35.6 Å². The maximum atomic E-state index is 12.3. The van der Waals surface area contributed by atoms with Crippen molar-refractivity contribution in [2.24, 2.45) is 0 Å². The number of piperidine rings is 1. The summed E-state index contributed by atoms with van der Waals surface area (Å²) in [6.45, 7) is 4.96. The van der Waals surface area contributed by atoms with Crippen LogP contribution in [0.3, 0.4) is 0 Å². The second-order valence-corrected chi connectivity index (χ2v) is 8.94. The van der Waals surface area contributed by atoms with Crippen LogP contribution < -0.4 is 19.7 Å². The molecule has 176 valence electrons. The molecule has 0 saturated carbocycles. The number of aromatic nitrogens is 4. The number of ether oxygens (including phenoxy) is 2. The normalized spacial score (nSPS) is 13.8. The molecular weight excluding hydrogens is 440 g/mol. The lowest BCUT2D eigenvalue weighted by Gasteiger charge is -2.28. The highest BCUT2D eigenvalue weighted by Gasteiger charge is 2.20. The molecule has 1 aliphatic heterocycles. The van der Waals surface area contributed by atoms with Gasteiger partial charge in [-0.05, 0) is 37.1 Å². The lowest BCUT2D eigenvalue weighted by Crippen LogP contribution is -2.32. The van der Waals surface area contributed by atoms with Crippen molar-refractivity contribution >= 4 is 34.5 Å². The molecule has 0 atom stereocenters. The molecule has 0 unspecified atom stereocenters. The second kappa shape index (κ2) is 11.2. The van der Waals surface area contributed by atoms with Crippen molar-refractivity contribution in [1.29, 1.82) is 0 Å². The van der Waals surface area contributed by atoms with E-state index in [1.807, 2.05) is 23.0 Å². The van der Waals surface area contributed by atoms with E-state index in [9.17, 15) is 4.79 Å². The van der Waals surface area contributed by atoms with Crippen LogP contribution in [0.5, 0.6) is 11.5 Å². The van der Waals surface area contributed by atoms with Gasteiger partial charge in [0.2, 0.25) is 0 Å². The zero-order valence-electron chi connectivity index (χ0n) is 19.1. The van der Waals surface area contributed by atoms with Gasteiger partial charge in [-0.2, -0.15) is 5.10 Å². The minimum atomic E-state index is -0.205. The largest absolute Gasteiger partial charge is 0.493 e. The first kappa shape index (κ1) is 23.2. The topological polar surface area (TPSA) is 94.4 Å². The predicted molar refractivity (Wildman–Crippen MR) is 129 cm³/mol. The van der Waals surface area contributed by atoms with E-state index in [-0.39, 0.29) is 12.5 Å². The number of anilines is 1. The fraction of sp³-hybridized carbons (Fsp3) is 0.478. The average Bonchev–Trinajstić information content (AvgIpc) is 3.26. The van der Waals surface area contributed by atoms with Gasteiger partial charge >= 0.3 is 0 Å². The van der Waals surface area contributed by atoms with E-state index >= 15 is 0 Å². The zero-order chi connectivity index (χ0) is 23.0. The molecule has 0 spiro atoms. The van der Waals surface area contributed by atoms with Crippen molar-refractivity contribution in [1.82, 2.24) is 25.1 Å². The highest BCUT2D eigenvalue weighted by molar-refractivity contribution is 7.99. The van der Waals surface area contributed by atoms with Crippen LogP contribution in [-0.2, 0) is 11.3 Å². The molecule has 0 aliphatic carbocycles. The van der Waals surface area contributed by atoms with Crippen molar-refractivity contribution in [3.05, 3.63) is 30.5 Å². The first-order chi connectivity index (χ1) is 16.2. The number of hydrogen-bond acceptors (Lipinski definition) is 8. The molecular formula is C23H30N6O3S. The monoisotopic (exact) mass is 470 g/mol. The van der Waals surface area contributed by atoms with Gasteiger partial charge in [-0.25, -0.2) is 14.6 Å². The maximum Gasteiger partial charge on any atom is 0.258 e. The number of fused-ring (bicyclic) bond motifs is 1. The summed E-state index contributed by atoms with van der Waals surface area (Å²) in [6.07, 6.45) is 5.46. The number of carbonyl (C=O) groups is 1. The molecule has 1 saturated heterocycles. The highest BCUT2D eigenvalue weighted by Crippen LogP contribution is 2.29. The Labute approximate surface area is 197 Å². The Morgan fingerprint density at radius 2 is 1.94 bits per heavy atom. The van der Waals surface area contributed by atoms with E-state index < -0.39 is 0 Å². The standard InChI is InChI=1S/C23H30N6O3S/c1-3-33-23-26-21(28-12-7-4-8-13-28)17-15-25-29(22(17)27-23)14-11-24-20(30)16-32-19-10-6-5-9-18(19)31-2/h5-6,9-10,15H,3-4,7-8,11-14,16H2,1-2H3,(H,24,30). The molecule has 0 radical (unpaired) electrons. The van der Waals surface area contributed by atoms with Crippen LogP contribution in [0.25, 0.3) is 11.0 Å². The highest BCUT2D eigenvalue weighted by atomic mass is 32.2. The molecule has 1 amide bonds. The van der Waals surface area contributed by atoms with Gasteiger partial charge in [-0.15, -0.1) is 0 Å². The number of methoxy groups -OCH3 is 1. The van der Waals surface area contributed by atoms with Crippen molar-refractivity contribution in [3.8, 4) is 11.5 Å². The Morgan fingerprint density at radius 3 is 2.70 bits per heavy atom. The number of nitrogens with one attached hydrogen (secondary N) is 1. The fourth-order valence-corrected chi connectivity index (χ4v) is 4.42. The number of rotatable bonds is 10. The summed E-state index contributed by atoms with van der Waals surface area (Å²) < 4.78 is 12.7. The van der Waals surface area contributed by atoms with Gasteiger partial charge < -0.3 is 19.7 Å². The van der Waals surface area contributed by atoms with E-state index in [1.165, 1.54) is 19.3 Å². The number of nitrogens with zero attached hydrogens (tertiary/aromatic N) is 5.